The van der Waals surface area contributed by atoms with E-state index in [0.29, 0.717) is 5.88 Å². The molecule has 2 atom stereocenters. The third-order valence-electron chi connectivity index (χ3n) is 2.51. The van der Waals surface area contributed by atoms with Gasteiger partial charge in [0.15, 0.2) is 0 Å². The summed E-state index contributed by atoms with van der Waals surface area (Å²) in [5, 5.41) is 8.69. The van der Waals surface area contributed by atoms with Gasteiger partial charge in [-0.3, -0.25) is 4.90 Å². The van der Waals surface area contributed by atoms with Gasteiger partial charge in [0.25, 0.3) is 0 Å². The predicted octanol–water partition coefficient (Wildman–Crippen LogP) is 1.11. The van der Waals surface area contributed by atoms with Gasteiger partial charge in [-0.2, -0.15) is 5.26 Å². The number of aryl methyl sites for hydroxylation is 1. The lowest BCUT2D eigenvalue weighted by atomic mass is 10.2. The van der Waals surface area contributed by atoms with Crippen molar-refractivity contribution in [2.75, 3.05) is 13.7 Å². The molecule has 1 aliphatic rings. The molecular weight excluding hydrogens is 190 g/mol. The van der Waals surface area contributed by atoms with Crippen molar-refractivity contribution in [1.82, 2.24) is 9.88 Å². The second-order valence-electron chi connectivity index (χ2n) is 3.70. The fourth-order valence-electron chi connectivity index (χ4n) is 1.55. The molecule has 78 valence electrons. The molecule has 0 aliphatic carbocycles. The SMILES string of the molecule is COc1nc(C)ccc1CN1C[C@@H]1C#N. The molecule has 1 fully saturated rings. The molecule has 4 heteroatoms. The van der Waals surface area contributed by atoms with E-state index in [1.807, 2.05) is 19.1 Å². The van der Waals surface area contributed by atoms with Crippen molar-refractivity contribution in [3.63, 3.8) is 0 Å². The maximum absolute atomic E-state index is 8.69. The van der Waals surface area contributed by atoms with E-state index in [1.54, 1.807) is 7.11 Å². The minimum Gasteiger partial charge on any atom is -0.481 e. The van der Waals surface area contributed by atoms with Crippen LogP contribution >= 0.6 is 0 Å². The van der Waals surface area contributed by atoms with Gasteiger partial charge < -0.3 is 4.74 Å². The number of methoxy groups -OCH3 is 1. The van der Waals surface area contributed by atoms with Crippen molar-refractivity contribution in [2.24, 2.45) is 0 Å². The van der Waals surface area contributed by atoms with Crippen molar-refractivity contribution < 1.29 is 4.74 Å². The van der Waals surface area contributed by atoms with Crippen LogP contribution in [0.25, 0.3) is 0 Å². The molecule has 1 aromatic heterocycles. The summed E-state index contributed by atoms with van der Waals surface area (Å²) < 4.78 is 5.20. The number of nitrogens with zero attached hydrogens (tertiary/aromatic N) is 3. The van der Waals surface area contributed by atoms with E-state index in [9.17, 15) is 0 Å². The highest BCUT2D eigenvalue weighted by atomic mass is 16.5. The molecule has 0 spiro atoms. The van der Waals surface area contributed by atoms with E-state index >= 15 is 0 Å². The zero-order chi connectivity index (χ0) is 10.8. The molecule has 1 aliphatic heterocycles. The zero-order valence-corrected chi connectivity index (χ0v) is 8.90. The second kappa shape index (κ2) is 3.87. The van der Waals surface area contributed by atoms with Crippen LogP contribution in [-0.2, 0) is 6.54 Å². The molecule has 0 aromatic carbocycles. The largest absolute Gasteiger partial charge is 0.481 e. The third-order valence-corrected chi connectivity index (χ3v) is 2.51. The van der Waals surface area contributed by atoms with Crippen molar-refractivity contribution in [2.45, 2.75) is 19.5 Å². The molecule has 0 bridgehead atoms. The average Bonchev–Trinajstić information content (AvgIpc) is 2.99. The van der Waals surface area contributed by atoms with Crippen LogP contribution in [0.3, 0.4) is 0 Å². The van der Waals surface area contributed by atoms with Crippen LogP contribution in [0.15, 0.2) is 12.1 Å². The van der Waals surface area contributed by atoms with Crippen molar-refractivity contribution in [3.05, 3.63) is 23.4 Å². The smallest absolute Gasteiger partial charge is 0.217 e. The minimum atomic E-state index is 0.0796. The third kappa shape index (κ3) is 2.08. The lowest BCUT2D eigenvalue weighted by Gasteiger charge is -2.08. The minimum absolute atomic E-state index is 0.0796. The standard InChI is InChI=1S/C11H13N3O/c1-8-3-4-9(11(13-8)15-2)6-14-7-10(14)5-12/h3-4,10H,6-7H2,1-2H3/t10-,14?/m0/s1. The van der Waals surface area contributed by atoms with Crippen LogP contribution in [-0.4, -0.2) is 29.6 Å². The second-order valence-corrected chi connectivity index (χ2v) is 3.70. The number of hydrogen-bond acceptors (Lipinski definition) is 4. The summed E-state index contributed by atoms with van der Waals surface area (Å²) in [6, 6.07) is 6.27. The summed E-state index contributed by atoms with van der Waals surface area (Å²) in [4.78, 5) is 6.37. The first kappa shape index (κ1) is 9.94. The van der Waals surface area contributed by atoms with E-state index in [4.69, 9.17) is 10.00 Å². The van der Waals surface area contributed by atoms with Crippen LogP contribution in [0.1, 0.15) is 11.3 Å². The highest BCUT2D eigenvalue weighted by molar-refractivity contribution is 5.29. The van der Waals surface area contributed by atoms with E-state index < -0.39 is 0 Å². The van der Waals surface area contributed by atoms with E-state index in [-0.39, 0.29) is 6.04 Å². The Morgan fingerprint density at radius 2 is 2.47 bits per heavy atom. The summed E-state index contributed by atoms with van der Waals surface area (Å²) in [5.74, 6) is 0.665. The van der Waals surface area contributed by atoms with E-state index in [2.05, 4.69) is 16.0 Å². The molecule has 15 heavy (non-hydrogen) atoms. The first-order valence-corrected chi connectivity index (χ1v) is 4.89. The molecule has 0 radical (unpaired) electrons. The quantitative estimate of drug-likeness (QED) is 0.690. The first-order valence-electron chi connectivity index (χ1n) is 4.89. The summed E-state index contributed by atoms with van der Waals surface area (Å²) >= 11 is 0. The number of rotatable bonds is 3. The van der Waals surface area contributed by atoms with Gasteiger partial charge in [-0.15, -0.1) is 0 Å². The number of pyridine rings is 1. The molecule has 1 aromatic rings. The number of ether oxygens (including phenoxy) is 1. The molecule has 0 saturated carbocycles. The highest BCUT2D eigenvalue weighted by Gasteiger charge is 2.34. The van der Waals surface area contributed by atoms with Gasteiger partial charge in [-0.25, -0.2) is 4.98 Å². The number of nitriles is 1. The number of hydrogen-bond donors (Lipinski definition) is 0. The van der Waals surface area contributed by atoms with Gasteiger partial charge in [0.05, 0.1) is 13.2 Å². The highest BCUT2D eigenvalue weighted by Crippen LogP contribution is 2.24. The number of aromatic nitrogens is 1. The summed E-state index contributed by atoms with van der Waals surface area (Å²) in [6.07, 6.45) is 0. The first-order chi connectivity index (χ1) is 7.24. The lowest BCUT2D eigenvalue weighted by molar-refractivity contribution is 0.383. The Kier molecular flexibility index (Phi) is 2.57. The lowest BCUT2D eigenvalue weighted by Crippen LogP contribution is -2.04. The van der Waals surface area contributed by atoms with Crippen molar-refractivity contribution in [1.29, 1.82) is 5.26 Å². The Morgan fingerprint density at radius 1 is 1.67 bits per heavy atom. The normalized spacial score (nSPS) is 23.3. The predicted molar refractivity (Wildman–Crippen MR) is 55.3 cm³/mol. The summed E-state index contributed by atoms with van der Waals surface area (Å²) in [5.41, 5.74) is 1.99. The van der Waals surface area contributed by atoms with Gasteiger partial charge in [-0.05, 0) is 13.0 Å². The Morgan fingerprint density at radius 3 is 3.07 bits per heavy atom. The Labute approximate surface area is 89.1 Å². The fourth-order valence-corrected chi connectivity index (χ4v) is 1.55. The van der Waals surface area contributed by atoms with Gasteiger partial charge >= 0.3 is 0 Å². The van der Waals surface area contributed by atoms with Crippen LogP contribution < -0.4 is 4.74 Å². The fraction of sp³-hybridized carbons (Fsp3) is 0.455. The van der Waals surface area contributed by atoms with Crippen LogP contribution in [0.5, 0.6) is 5.88 Å². The van der Waals surface area contributed by atoms with Crippen molar-refractivity contribution >= 4 is 0 Å². The van der Waals surface area contributed by atoms with Crippen LogP contribution in [0.4, 0.5) is 0 Å². The maximum atomic E-state index is 8.69. The topological polar surface area (TPSA) is 48.9 Å². The Hall–Kier alpha value is -1.60. The monoisotopic (exact) mass is 203 g/mol. The van der Waals surface area contributed by atoms with E-state index in [1.165, 1.54) is 0 Å². The zero-order valence-electron chi connectivity index (χ0n) is 8.90. The summed E-state index contributed by atoms with van der Waals surface area (Å²) in [6.45, 7) is 3.53. The van der Waals surface area contributed by atoms with Gasteiger partial charge in [0.1, 0.15) is 6.04 Å². The molecule has 0 N–H and O–H groups in total. The molecule has 2 heterocycles. The summed E-state index contributed by atoms with van der Waals surface area (Å²) in [7, 11) is 1.62. The Balaban J connectivity index is 2.12. The van der Waals surface area contributed by atoms with Gasteiger partial charge in [-0.1, -0.05) is 6.07 Å². The molecule has 1 unspecified atom stereocenters. The molecule has 1 saturated heterocycles. The molecule has 0 amide bonds. The molecular formula is C11H13N3O. The van der Waals surface area contributed by atoms with E-state index in [0.717, 1.165) is 24.3 Å². The van der Waals surface area contributed by atoms with Gasteiger partial charge in [0.2, 0.25) is 5.88 Å². The van der Waals surface area contributed by atoms with Crippen molar-refractivity contribution in [3.8, 4) is 11.9 Å². The Bertz CT molecular complexity index is 411. The van der Waals surface area contributed by atoms with Crippen LogP contribution in [0.2, 0.25) is 0 Å². The van der Waals surface area contributed by atoms with Crippen LogP contribution in [0, 0.1) is 18.3 Å². The van der Waals surface area contributed by atoms with Gasteiger partial charge in [0, 0.05) is 24.3 Å². The average molecular weight is 203 g/mol. The molecule has 2 rings (SSSR count). The maximum Gasteiger partial charge on any atom is 0.217 e. The molecule has 4 nitrogen and oxygen atoms in total.